The van der Waals surface area contributed by atoms with Gasteiger partial charge in [-0.2, -0.15) is 0 Å². The van der Waals surface area contributed by atoms with Crippen LogP contribution in [0.15, 0.2) is 12.1 Å². The number of nitrogens with zero attached hydrogens (tertiary/aromatic N) is 1. The number of nitrogens with one attached hydrogen (secondary N) is 1. The van der Waals surface area contributed by atoms with Crippen LogP contribution in [0.25, 0.3) is 0 Å². The second-order valence-corrected chi connectivity index (χ2v) is 4.94. The van der Waals surface area contributed by atoms with E-state index in [1.54, 1.807) is 4.90 Å². The number of hydrogen-bond acceptors (Lipinski definition) is 2. The van der Waals surface area contributed by atoms with Gasteiger partial charge in [-0.15, -0.1) is 0 Å². The number of aryl methyl sites for hydroxylation is 1. The molecule has 1 amide bonds. The SMILES string of the molecule is CNC1CCN(C(=O)c2cc(F)c(C)cc2F)CC1. The third-order valence-corrected chi connectivity index (χ3v) is 3.67. The van der Waals surface area contributed by atoms with E-state index in [1.807, 2.05) is 7.05 Å². The quantitative estimate of drug-likeness (QED) is 0.891. The molecule has 0 unspecified atom stereocenters. The van der Waals surface area contributed by atoms with Crippen molar-refractivity contribution in [3.05, 3.63) is 34.9 Å². The van der Waals surface area contributed by atoms with Crippen LogP contribution in [-0.4, -0.2) is 37.0 Å². The lowest BCUT2D eigenvalue weighted by Crippen LogP contribution is -2.44. The van der Waals surface area contributed by atoms with Crippen molar-refractivity contribution in [3.63, 3.8) is 0 Å². The maximum Gasteiger partial charge on any atom is 0.256 e. The predicted octanol–water partition coefficient (Wildman–Crippen LogP) is 2.10. The lowest BCUT2D eigenvalue weighted by atomic mass is 10.0. The number of piperidine rings is 1. The molecule has 2 rings (SSSR count). The number of carbonyl (C=O) groups is 1. The molecule has 0 saturated carbocycles. The predicted molar refractivity (Wildman–Crippen MR) is 69.1 cm³/mol. The first-order valence-corrected chi connectivity index (χ1v) is 6.45. The Kier molecular flexibility index (Phi) is 4.14. The Hall–Kier alpha value is -1.49. The topological polar surface area (TPSA) is 32.3 Å². The minimum absolute atomic E-state index is 0.175. The standard InChI is InChI=1S/C14H18F2N2O/c1-9-7-13(16)11(8-12(9)15)14(19)18-5-3-10(17-2)4-6-18/h7-8,10,17H,3-6H2,1-2H3. The number of carbonyl (C=O) groups excluding carboxylic acids is 1. The van der Waals surface area contributed by atoms with E-state index < -0.39 is 17.5 Å². The van der Waals surface area contributed by atoms with Crippen molar-refractivity contribution in [1.82, 2.24) is 10.2 Å². The van der Waals surface area contributed by atoms with Crippen molar-refractivity contribution < 1.29 is 13.6 Å². The monoisotopic (exact) mass is 268 g/mol. The Morgan fingerprint density at radius 3 is 2.47 bits per heavy atom. The molecule has 1 aliphatic rings. The number of rotatable bonds is 2. The molecule has 1 N–H and O–H groups in total. The Labute approximate surface area is 111 Å². The van der Waals surface area contributed by atoms with E-state index in [0.29, 0.717) is 19.1 Å². The van der Waals surface area contributed by atoms with Gasteiger partial charge in [0.2, 0.25) is 0 Å². The Bertz CT molecular complexity index is 483. The van der Waals surface area contributed by atoms with Gasteiger partial charge in [0.1, 0.15) is 11.6 Å². The summed E-state index contributed by atoms with van der Waals surface area (Å²) in [6.07, 6.45) is 1.66. The summed E-state index contributed by atoms with van der Waals surface area (Å²) in [5.74, 6) is -1.62. The van der Waals surface area contributed by atoms with Crippen LogP contribution in [0.4, 0.5) is 8.78 Å². The average Bonchev–Trinajstić information content (AvgIpc) is 2.42. The molecule has 5 heteroatoms. The van der Waals surface area contributed by atoms with Gasteiger partial charge in [-0.25, -0.2) is 8.78 Å². The van der Waals surface area contributed by atoms with Gasteiger partial charge in [-0.3, -0.25) is 4.79 Å². The molecule has 1 heterocycles. The smallest absolute Gasteiger partial charge is 0.256 e. The fraction of sp³-hybridized carbons (Fsp3) is 0.500. The molecule has 0 aromatic heterocycles. The molecule has 0 radical (unpaired) electrons. The van der Waals surface area contributed by atoms with E-state index in [2.05, 4.69) is 5.32 Å². The van der Waals surface area contributed by atoms with E-state index in [0.717, 1.165) is 25.0 Å². The first-order chi connectivity index (χ1) is 9.02. The average molecular weight is 268 g/mol. The van der Waals surface area contributed by atoms with Gasteiger partial charge in [0.25, 0.3) is 5.91 Å². The number of likely N-dealkylation sites (tertiary alicyclic amines) is 1. The van der Waals surface area contributed by atoms with E-state index in [-0.39, 0.29) is 11.1 Å². The van der Waals surface area contributed by atoms with E-state index >= 15 is 0 Å². The number of amides is 1. The number of hydrogen-bond donors (Lipinski definition) is 1. The molecule has 0 bridgehead atoms. The van der Waals surface area contributed by atoms with Crippen molar-refractivity contribution in [2.45, 2.75) is 25.8 Å². The zero-order valence-corrected chi connectivity index (χ0v) is 11.2. The molecule has 1 saturated heterocycles. The Morgan fingerprint density at radius 2 is 1.89 bits per heavy atom. The second-order valence-electron chi connectivity index (χ2n) is 4.94. The number of benzene rings is 1. The van der Waals surface area contributed by atoms with Crippen molar-refractivity contribution in [2.75, 3.05) is 20.1 Å². The Morgan fingerprint density at radius 1 is 1.26 bits per heavy atom. The van der Waals surface area contributed by atoms with Gasteiger partial charge < -0.3 is 10.2 Å². The summed E-state index contributed by atoms with van der Waals surface area (Å²) >= 11 is 0. The highest BCUT2D eigenvalue weighted by Crippen LogP contribution is 2.18. The minimum Gasteiger partial charge on any atom is -0.338 e. The fourth-order valence-electron chi connectivity index (χ4n) is 2.35. The summed E-state index contributed by atoms with van der Waals surface area (Å²) in [7, 11) is 1.89. The summed E-state index contributed by atoms with van der Waals surface area (Å²) in [6.45, 7) is 2.61. The van der Waals surface area contributed by atoms with Crippen molar-refractivity contribution in [3.8, 4) is 0 Å². The molecule has 3 nitrogen and oxygen atoms in total. The van der Waals surface area contributed by atoms with Crippen LogP contribution < -0.4 is 5.32 Å². The zero-order chi connectivity index (χ0) is 14.0. The van der Waals surface area contributed by atoms with Crippen LogP contribution in [0.2, 0.25) is 0 Å². The van der Waals surface area contributed by atoms with Crippen molar-refractivity contribution >= 4 is 5.91 Å². The van der Waals surface area contributed by atoms with Crippen LogP contribution in [0.1, 0.15) is 28.8 Å². The maximum atomic E-state index is 13.8. The highest BCUT2D eigenvalue weighted by atomic mass is 19.1. The molecule has 104 valence electrons. The van der Waals surface area contributed by atoms with Crippen LogP contribution in [0, 0.1) is 18.6 Å². The Balaban J connectivity index is 2.14. The van der Waals surface area contributed by atoms with Crippen molar-refractivity contribution in [1.29, 1.82) is 0 Å². The minimum atomic E-state index is -0.653. The summed E-state index contributed by atoms with van der Waals surface area (Å²) in [5, 5.41) is 3.16. The van der Waals surface area contributed by atoms with Gasteiger partial charge in [-0.05, 0) is 44.5 Å². The summed E-state index contributed by atoms with van der Waals surface area (Å²) in [4.78, 5) is 13.8. The second kappa shape index (κ2) is 5.65. The third kappa shape index (κ3) is 2.92. The van der Waals surface area contributed by atoms with E-state index in [9.17, 15) is 13.6 Å². The van der Waals surface area contributed by atoms with Gasteiger partial charge in [0.05, 0.1) is 5.56 Å². The maximum absolute atomic E-state index is 13.8. The van der Waals surface area contributed by atoms with Crippen LogP contribution in [0.5, 0.6) is 0 Å². The third-order valence-electron chi connectivity index (χ3n) is 3.67. The largest absolute Gasteiger partial charge is 0.338 e. The molecule has 19 heavy (non-hydrogen) atoms. The molecule has 1 aliphatic heterocycles. The molecule has 0 aliphatic carbocycles. The normalized spacial score (nSPS) is 16.7. The van der Waals surface area contributed by atoms with Gasteiger partial charge >= 0.3 is 0 Å². The molecule has 1 aromatic carbocycles. The molecular weight excluding hydrogens is 250 g/mol. The van der Waals surface area contributed by atoms with Crippen LogP contribution in [0.3, 0.4) is 0 Å². The summed E-state index contributed by atoms with van der Waals surface area (Å²) < 4.78 is 27.2. The van der Waals surface area contributed by atoms with E-state index in [1.165, 1.54) is 6.92 Å². The molecule has 1 aromatic rings. The number of halogens is 2. The van der Waals surface area contributed by atoms with Gasteiger partial charge in [0.15, 0.2) is 0 Å². The van der Waals surface area contributed by atoms with Crippen LogP contribution >= 0.6 is 0 Å². The first kappa shape index (κ1) is 13.9. The van der Waals surface area contributed by atoms with E-state index in [4.69, 9.17) is 0 Å². The molecule has 1 fully saturated rings. The lowest BCUT2D eigenvalue weighted by molar-refractivity contribution is 0.0702. The molecular formula is C14H18F2N2O. The summed E-state index contributed by atoms with van der Waals surface area (Å²) in [6, 6.07) is 2.46. The molecule has 0 spiro atoms. The first-order valence-electron chi connectivity index (χ1n) is 6.45. The van der Waals surface area contributed by atoms with Crippen molar-refractivity contribution in [2.24, 2.45) is 0 Å². The molecule has 0 atom stereocenters. The highest BCUT2D eigenvalue weighted by molar-refractivity contribution is 5.94. The van der Waals surface area contributed by atoms with Gasteiger partial charge in [-0.1, -0.05) is 0 Å². The lowest BCUT2D eigenvalue weighted by Gasteiger charge is -2.32. The summed E-state index contributed by atoms with van der Waals surface area (Å²) in [5.41, 5.74) is 0.0361. The fourth-order valence-corrected chi connectivity index (χ4v) is 2.35. The zero-order valence-electron chi connectivity index (χ0n) is 11.2. The van der Waals surface area contributed by atoms with Crippen LogP contribution in [-0.2, 0) is 0 Å². The highest BCUT2D eigenvalue weighted by Gasteiger charge is 2.25. The van der Waals surface area contributed by atoms with Gasteiger partial charge in [0, 0.05) is 19.1 Å².